The second kappa shape index (κ2) is 9.90. The molecule has 4 heteroatoms. The van der Waals surface area contributed by atoms with Crippen molar-refractivity contribution in [3.8, 4) is 5.75 Å². The Balaban J connectivity index is 1.77. The van der Waals surface area contributed by atoms with E-state index in [1.165, 1.54) is 4.90 Å². The molecule has 0 atom stereocenters. The molecule has 0 amide bonds. The maximum Gasteiger partial charge on any atom is 0.223 e. The van der Waals surface area contributed by atoms with Gasteiger partial charge in [0.15, 0.2) is 0 Å². The van der Waals surface area contributed by atoms with Gasteiger partial charge in [-0.05, 0) is 48.7 Å². The molecule has 2 nitrogen and oxygen atoms in total. The highest BCUT2D eigenvalue weighted by Crippen LogP contribution is 2.32. The van der Waals surface area contributed by atoms with Gasteiger partial charge in [0, 0.05) is 10.5 Å². The number of hydrogen-bond acceptors (Lipinski definition) is 4. The van der Waals surface area contributed by atoms with Gasteiger partial charge in [-0.2, -0.15) is 0 Å². The van der Waals surface area contributed by atoms with Crippen molar-refractivity contribution < 1.29 is 4.74 Å². The zero-order chi connectivity index (χ0) is 18.0. The van der Waals surface area contributed by atoms with Crippen LogP contribution >= 0.6 is 21.6 Å². The number of hydrogen-bond donors (Lipinski definition) is 0. The molecular weight excluding hydrogens is 358 g/mol. The molecule has 3 aromatic rings. The largest absolute Gasteiger partial charge is 0.439 e. The monoisotopic (exact) mass is 377 g/mol. The Morgan fingerprint density at radius 3 is 2.04 bits per heavy atom. The summed E-state index contributed by atoms with van der Waals surface area (Å²) in [7, 11) is 3.37. The fraction of sp³-hybridized carbons (Fsp3) is 0.0455. The summed E-state index contributed by atoms with van der Waals surface area (Å²) in [6.45, 7) is 2.02. The molecule has 3 aromatic carbocycles. The van der Waals surface area contributed by atoms with E-state index in [4.69, 9.17) is 4.74 Å². The molecule has 0 fully saturated rings. The first-order chi connectivity index (χ1) is 12.8. The summed E-state index contributed by atoms with van der Waals surface area (Å²) in [5, 5.41) is 2.07. The third-order valence-corrected chi connectivity index (χ3v) is 5.56. The summed E-state index contributed by atoms with van der Waals surface area (Å²) in [4.78, 5) is 5.90. The van der Waals surface area contributed by atoms with Gasteiger partial charge in [0.05, 0.1) is 5.69 Å². The van der Waals surface area contributed by atoms with Crippen molar-refractivity contribution in [2.45, 2.75) is 11.8 Å². The molecule has 0 aliphatic rings. The van der Waals surface area contributed by atoms with Crippen molar-refractivity contribution in [3.05, 3.63) is 102 Å². The van der Waals surface area contributed by atoms with E-state index in [0.29, 0.717) is 5.90 Å². The molecule has 130 valence electrons. The van der Waals surface area contributed by atoms with E-state index in [0.717, 1.165) is 17.0 Å². The highest BCUT2D eigenvalue weighted by atomic mass is 33.1. The summed E-state index contributed by atoms with van der Waals surface area (Å²) in [5.74, 6) is 1.37. The summed E-state index contributed by atoms with van der Waals surface area (Å²) in [5.41, 5.74) is 1.85. The lowest BCUT2D eigenvalue weighted by Crippen LogP contribution is -2.09. The second-order valence-electron chi connectivity index (χ2n) is 5.46. The molecular formula is C22H19NOS2. The molecule has 26 heavy (non-hydrogen) atoms. The minimum Gasteiger partial charge on any atom is -0.439 e. The molecule has 0 saturated heterocycles. The molecule has 0 saturated carbocycles. The van der Waals surface area contributed by atoms with Gasteiger partial charge in [-0.1, -0.05) is 76.2 Å². The maximum atomic E-state index is 6.04. The Bertz CT molecular complexity index is 862. The quantitative estimate of drug-likeness (QED) is 0.259. The van der Waals surface area contributed by atoms with Gasteiger partial charge in [-0.25, -0.2) is 4.99 Å². The van der Waals surface area contributed by atoms with Crippen molar-refractivity contribution in [2.24, 2.45) is 4.99 Å². The molecule has 0 radical (unpaired) electrons. The molecule has 0 spiro atoms. The van der Waals surface area contributed by atoms with E-state index in [-0.39, 0.29) is 0 Å². The van der Waals surface area contributed by atoms with Gasteiger partial charge >= 0.3 is 0 Å². The van der Waals surface area contributed by atoms with E-state index >= 15 is 0 Å². The van der Waals surface area contributed by atoms with Crippen LogP contribution in [-0.4, -0.2) is 5.90 Å². The normalized spacial score (nSPS) is 12.0. The first-order valence-electron chi connectivity index (χ1n) is 8.23. The maximum absolute atomic E-state index is 6.04. The van der Waals surface area contributed by atoms with Crippen molar-refractivity contribution in [3.63, 3.8) is 0 Å². The molecule has 0 N–H and O–H groups in total. The van der Waals surface area contributed by atoms with Crippen molar-refractivity contribution in [1.29, 1.82) is 0 Å². The van der Waals surface area contributed by atoms with Gasteiger partial charge in [-0.3, -0.25) is 0 Å². The van der Waals surface area contributed by atoms with Gasteiger partial charge < -0.3 is 4.74 Å². The zero-order valence-electron chi connectivity index (χ0n) is 14.4. The van der Waals surface area contributed by atoms with E-state index in [1.807, 2.05) is 85.8 Å². The van der Waals surface area contributed by atoms with Gasteiger partial charge in [0.1, 0.15) is 5.75 Å². The summed E-state index contributed by atoms with van der Waals surface area (Å²) in [6.07, 6.45) is 0. The van der Waals surface area contributed by atoms with Crippen LogP contribution in [0.4, 0.5) is 5.69 Å². The van der Waals surface area contributed by atoms with Crippen LogP contribution in [0.25, 0.3) is 0 Å². The summed E-state index contributed by atoms with van der Waals surface area (Å²) < 4.78 is 6.04. The topological polar surface area (TPSA) is 21.6 Å². The summed E-state index contributed by atoms with van der Waals surface area (Å²) >= 11 is 0. The number of para-hydroxylation sites is 2. The van der Waals surface area contributed by atoms with Crippen LogP contribution in [0.5, 0.6) is 5.75 Å². The lowest BCUT2D eigenvalue weighted by Gasteiger charge is -2.09. The molecule has 0 aromatic heterocycles. The highest BCUT2D eigenvalue weighted by Gasteiger charge is 2.07. The molecule has 0 bridgehead atoms. The molecule has 0 heterocycles. The predicted molar refractivity (Wildman–Crippen MR) is 114 cm³/mol. The van der Waals surface area contributed by atoms with Crippen LogP contribution in [0.3, 0.4) is 0 Å². The average Bonchev–Trinajstić information content (AvgIpc) is 2.70. The third kappa shape index (κ3) is 5.83. The SMILES string of the molecule is CC(=C\SSc1ccccc1)/C(=N/c1ccccc1)Oc1ccccc1. The lowest BCUT2D eigenvalue weighted by molar-refractivity contribution is 0.551. The molecule has 0 unspecified atom stereocenters. The van der Waals surface area contributed by atoms with Gasteiger partial charge in [-0.15, -0.1) is 0 Å². The number of rotatable bonds is 6. The fourth-order valence-electron chi connectivity index (χ4n) is 2.09. The first kappa shape index (κ1) is 18.4. The Morgan fingerprint density at radius 1 is 0.808 bits per heavy atom. The Morgan fingerprint density at radius 2 is 1.38 bits per heavy atom. The number of nitrogens with zero attached hydrogens (tertiary/aromatic N) is 1. The highest BCUT2D eigenvalue weighted by molar-refractivity contribution is 8.77. The smallest absolute Gasteiger partial charge is 0.223 e. The predicted octanol–water partition coefficient (Wildman–Crippen LogP) is 7.14. The van der Waals surface area contributed by atoms with Crippen LogP contribution in [-0.2, 0) is 0 Å². The van der Waals surface area contributed by atoms with Crippen LogP contribution in [0, 0.1) is 0 Å². The Hall–Kier alpha value is -2.43. The van der Waals surface area contributed by atoms with Crippen molar-refractivity contribution in [2.75, 3.05) is 0 Å². The van der Waals surface area contributed by atoms with E-state index in [1.54, 1.807) is 21.6 Å². The molecule has 3 rings (SSSR count). The van der Waals surface area contributed by atoms with Crippen LogP contribution in [0.15, 0.2) is 112 Å². The Kier molecular flexibility index (Phi) is 6.99. The van der Waals surface area contributed by atoms with E-state index < -0.39 is 0 Å². The molecule has 0 aliphatic carbocycles. The number of aliphatic imine (C=N–C) groups is 1. The third-order valence-electron chi connectivity index (χ3n) is 3.39. The lowest BCUT2D eigenvalue weighted by atomic mass is 10.3. The molecule has 0 aliphatic heterocycles. The minimum atomic E-state index is 0.601. The van der Waals surface area contributed by atoms with E-state index in [2.05, 4.69) is 22.5 Å². The minimum absolute atomic E-state index is 0.601. The summed E-state index contributed by atoms with van der Waals surface area (Å²) in [6, 6.07) is 29.9. The second-order valence-corrected chi connectivity index (χ2v) is 7.60. The average molecular weight is 378 g/mol. The van der Waals surface area contributed by atoms with Crippen LogP contribution < -0.4 is 4.74 Å². The fourth-order valence-corrected chi connectivity index (χ4v) is 4.01. The number of benzene rings is 3. The number of ether oxygens (including phenoxy) is 1. The van der Waals surface area contributed by atoms with Crippen LogP contribution in [0.2, 0.25) is 0 Å². The van der Waals surface area contributed by atoms with Crippen molar-refractivity contribution in [1.82, 2.24) is 0 Å². The van der Waals surface area contributed by atoms with E-state index in [9.17, 15) is 0 Å². The van der Waals surface area contributed by atoms with Gasteiger partial charge in [0.25, 0.3) is 0 Å². The zero-order valence-corrected chi connectivity index (χ0v) is 16.0. The van der Waals surface area contributed by atoms with Crippen molar-refractivity contribution >= 4 is 33.2 Å². The first-order valence-corrected chi connectivity index (χ1v) is 10.4. The van der Waals surface area contributed by atoms with Gasteiger partial charge in [0.2, 0.25) is 5.90 Å². The standard InChI is InChI=1S/C22H19NOS2/c1-18(17-25-26-21-15-9-4-10-16-21)22(23-19-11-5-2-6-12-19)24-20-13-7-3-8-14-20/h2-17H,1H3/b18-17+,23-22-. The Labute approximate surface area is 162 Å². The van der Waals surface area contributed by atoms with Crippen LogP contribution in [0.1, 0.15) is 6.92 Å².